The summed E-state index contributed by atoms with van der Waals surface area (Å²) in [6.45, 7) is 6.25. The number of halogens is 2. The number of rotatable bonds is 3. The predicted octanol–water partition coefficient (Wildman–Crippen LogP) is 7.25. The average molecular weight is 448 g/mol. The molecule has 4 rings (SSSR count). The molecule has 0 heterocycles. The summed E-state index contributed by atoms with van der Waals surface area (Å²) >= 11 is -4.55. The van der Waals surface area contributed by atoms with E-state index in [0.29, 0.717) is 0 Å². The Kier molecular flexibility index (Phi) is 4.85. The maximum absolute atomic E-state index is 7.35. The molecule has 1 aliphatic rings. The van der Waals surface area contributed by atoms with Crippen LogP contribution in [0.2, 0.25) is 3.72 Å². The molecule has 0 bridgehead atoms. The molecular formula is C24H25Cl2OTi. The summed E-state index contributed by atoms with van der Waals surface area (Å²) in [4.78, 5) is 0. The molecule has 0 saturated heterocycles. The van der Waals surface area contributed by atoms with Gasteiger partial charge >= 0.3 is 178 Å². The van der Waals surface area contributed by atoms with E-state index in [-0.39, 0.29) is 9.64 Å². The molecule has 3 aromatic rings. The summed E-state index contributed by atoms with van der Waals surface area (Å²) in [5.74, 6) is 0.0987. The van der Waals surface area contributed by atoms with Gasteiger partial charge in [-0.2, -0.15) is 0 Å². The minimum atomic E-state index is -4.55. The minimum absolute atomic E-state index is 0.0987. The van der Waals surface area contributed by atoms with E-state index in [1.54, 1.807) is 7.11 Å². The molecule has 0 spiro atoms. The van der Waals surface area contributed by atoms with Crippen molar-refractivity contribution in [2.75, 3.05) is 7.11 Å². The molecule has 0 radical (unpaired) electrons. The third-order valence-electron chi connectivity index (χ3n) is 6.16. The van der Waals surface area contributed by atoms with Crippen molar-refractivity contribution >= 4 is 22.5 Å². The number of benzene rings is 3. The van der Waals surface area contributed by atoms with Crippen molar-refractivity contribution in [2.45, 2.75) is 30.4 Å². The fraction of sp³-hybridized carbons (Fsp3) is 0.250. The molecule has 1 aliphatic carbocycles. The number of hydrogen-bond donors (Lipinski definition) is 0. The molecular weight excluding hydrogens is 423 g/mol. The van der Waals surface area contributed by atoms with Crippen LogP contribution in [0.1, 0.15) is 43.4 Å². The van der Waals surface area contributed by atoms with Gasteiger partial charge in [-0.1, -0.05) is 0 Å². The van der Waals surface area contributed by atoms with Gasteiger partial charge in [0, 0.05) is 0 Å². The Morgan fingerprint density at radius 3 is 1.61 bits per heavy atom. The van der Waals surface area contributed by atoms with Crippen LogP contribution in [0, 0.1) is 0 Å². The predicted molar refractivity (Wildman–Crippen MR) is 117 cm³/mol. The maximum atomic E-state index is 7.35. The van der Waals surface area contributed by atoms with Crippen LogP contribution in [0.25, 0.3) is 11.1 Å². The molecule has 4 heteroatoms. The van der Waals surface area contributed by atoms with Crippen molar-refractivity contribution in [1.82, 2.24) is 0 Å². The van der Waals surface area contributed by atoms with Gasteiger partial charge < -0.3 is 0 Å². The summed E-state index contributed by atoms with van der Waals surface area (Å²) in [5.41, 5.74) is 6.30. The molecule has 1 nitrogen and oxygen atoms in total. The van der Waals surface area contributed by atoms with Gasteiger partial charge in [-0.3, -0.25) is 0 Å². The van der Waals surface area contributed by atoms with Crippen molar-refractivity contribution < 1.29 is 16.9 Å². The Bertz CT molecular complexity index is 1010. The fourth-order valence-electron chi connectivity index (χ4n) is 4.44. The zero-order valence-corrected chi connectivity index (χ0v) is 19.7. The van der Waals surface area contributed by atoms with Crippen molar-refractivity contribution in [3.8, 4) is 11.1 Å². The van der Waals surface area contributed by atoms with E-state index >= 15 is 0 Å². The zero-order valence-electron chi connectivity index (χ0n) is 16.7. The first-order chi connectivity index (χ1) is 13.2. The molecule has 0 amide bonds. The molecule has 0 unspecified atom stereocenters. The van der Waals surface area contributed by atoms with Gasteiger partial charge in [0.05, 0.1) is 0 Å². The second-order valence-electron chi connectivity index (χ2n) is 8.58. The van der Waals surface area contributed by atoms with Crippen LogP contribution in [0.5, 0.6) is 0 Å². The molecule has 0 fully saturated rings. The van der Waals surface area contributed by atoms with Gasteiger partial charge in [0.1, 0.15) is 0 Å². The molecule has 3 aromatic carbocycles. The van der Waals surface area contributed by atoms with E-state index in [1.807, 2.05) is 6.07 Å². The Labute approximate surface area is 176 Å². The van der Waals surface area contributed by atoms with Gasteiger partial charge in [-0.15, -0.1) is 0 Å². The summed E-state index contributed by atoms with van der Waals surface area (Å²) in [6, 6.07) is 25.6. The Hall–Kier alpha value is -1.09. The van der Waals surface area contributed by atoms with Gasteiger partial charge in [0.2, 0.25) is 0 Å². The van der Waals surface area contributed by atoms with Gasteiger partial charge in [-0.25, -0.2) is 0 Å². The second-order valence-corrected chi connectivity index (χ2v) is 22.1. The van der Waals surface area contributed by atoms with Crippen LogP contribution < -0.4 is 3.87 Å². The molecule has 0 atom stereocenters. The van der Waals surface area contributed by atoms with Crippen LogP contribution in [0.15, 0.2) is 72.8 Å². The topological polar surface area (TPSA) is 9.23 Å². The van der Waals surface area contributed by atoms with E-state index < -0.39 is 13.6 Å². The zero-order chi connectivity index (χ0) is 20.2. The van der Waals surface area contributed by atoms with Crippen LogP contribution in [0.3, 0.4) is 0 Å². The van der Waals surface area contributed by atoms with Crippen LogP contribution in [0.4, 0.5) is 0 Å². The van der Waals surface area contributed by atoms with E-state index in [9.17, 15) is 0 Å². The Balaban J connectivity index is 2.04. The van der Waals surface area contributed by atoms with E-state index in [2.05, 4.69) is 87.5 Å². The van der Waals surface area contributed by atoms with E-state index in [4.69, 9.17) is 21.9 Å². The molecule has 145 valence electrons. The van der Waals surface area contributed by atoms with Crippen molar-refractivity contribution in [1.29, 1.82) is 0 Å². The summed E-state index contributed by atoms with van der Waals surface area (Å²) < 4.78 is 6.68. The van der Waals surface area contributed by atoms with Gasteiger partial charge in [0.25, 0.3) is 0 Å². The molecule has 0 N–H and O–H groups in total. The summed E-state index contributed by atoms with van der Waals surface area (Å²) in [6.07, 6.45) is 0. The Morgan fingerprint density at radius 1 is 0.714 bits per heavy atom. The fourth-order valence-corrected chi connectivity index (χ4v) is 10.1. The molecule has 0 aromatic heterocycles. The molecule has 28 heavy (non-hydrogen) atoms. The first kappa shape index (κ1) is 20.2. The average Bonchev–Trinajstić information content (AvgIpc) is 3.02. The van der Waals surface area contributed by atoms with Crippen molar-refractivity contribution in [2.24, 2.45) is 0 Å². The van der Waals surface area contributed by atoms with Crippen LogP contribution in [-0.4, -0.2) is 7.11 Å². The SMILES string of the molecule is C[O][Ti]([Cl])([Cl])([c]1ccccc1C1c2ccccc2-c2ccccc21)[C](C)(C)C. The van der Waals surface area contributed by atoms with Crippen LogP contribution >= 0.6 is 18.6 Å². The molecule has 0 aliphatic heterocycles. The monoisotopic (exact) mass is 447 g/mol. The quantitative estimate of drug-likeness (QED) is 0.300. The summed E-state index contributed by atoms with van der Waals surface area (Å²) in [7, 11) is 16.4. The molecule has 0 saturated carbocycles. The standard InChI is InChI=1S/C19H13.C4H9.CH3O.2ClH.Ti/c1-2-8-14(9-3-1)19-17-12-6-4-10-15(17)16-11-5-7-13-18(16)19;1-4(2)3;1-2;;;/h1-8,10-13,19H;1-3H3;1H3;2*1H;/q;;-1;;;+3/p-2. The van der Waals surface area contributed by atoms with Gasteiger partial charge in [-0.05, 0) is 0 Å². The van der Waals surface area contributed by atoms with Crippen molar-refractivity contribution in [3.05, 3.63) is 89.5 Å². The second kappa shape index (κ2) is 6.72. The Morgan fingerprint density at radius 2 is 1.14 bits per heavy atom. The van der Waals surface area contributed by atoms with Gasteiger partial charge in [0.15, 0.2) is 0 Å². The first-order valence-corrected chi connectivity index (χ1v) is 16.1. The number of hydrogen-bond acceptors (Lipinski definition) is 1. The van der Waals surface area contributed by atoms with Crippen LogP contribution in [-0.2, 0) is 16.9 Å². The third-order valence-corrected chi connectivity index (χ3v) is 20.9. The number of fused-ring (bicyclic) bond motifs is 3. The third kappa shape index (κ3) is 2.76. The van der Waals surface area contributed by atoms with E-state index in [1.165, 1.54) is 22.3 Å². The summed E-state index contributed by atoms with van der Waals surface area (Å²) in [5, 5.41) is 0. The normalized spacial score (nSPS) is 15.6. The first-order valence-electron chi connectivity index (χ1n) is 9.59. The van der Waals surface area contributed by atoms with Crippen molar-refractivity contribution in [3.63, 3.8) is 0 Å². The van der Waals surface area contributed by atoms with E-state index in [0.717, 1.165) is 9.43 Å².